The minimum Gasteiger partial charge on any atom is -0.383 e. The summed E-state index contributed by atoms with van der Waals surface area (Å²) in [5.41, 5.74) is 10.8. The number of benzene rings is 1. The number of fused-ring (bicyclic) bond motifs is 2. The number of aromatic amines is 1. The van der Waals surface area contributed by atoms with Gasteiger partial charge in [0.1, 0.15) is 23.6 Å². The molecule has 1 aromatic carbocycles. The first-order valence-corrected chi connectivity index (χ1v) is 15.6. The molecule has 4 aromatic rings. The first-order chi connectivity index (χ1) is 19.3. The van der Waals surface area contributed by atoms with E-state index in [1.54, 1.807) is 6.33 Å². The van der Waals surface area contributed by atoms with Crippen molar-refractivity contribution in [2.24, 2.45) is 17.8 Å². The third kappa shape index (κ3) is 6.35. The SMILES string of the molecule is CC(C)(C)c1ccc2nc(CCC3CCC3)[nH]c2c1.Nc1ncnc2c1ccn2C1CCC(CNCC2CC2)C1. The summed E-state index contributed by atoms with van der Waals surface area (Å²) in [5.74, 6) is 4.46. The molecule has 2 atom stereocenters. The van der Waals surface area contributed by atoms with Crippen LogP contribution in [0.5, 0.6) is 0 Å². The van der Waals surface area contributed by atoms with Crippen LogP contribution >= 0.6 is 0 Å². The zero-order chi connectivity index (χ0) is 27.7. The van der Waals surface area contributed by atoms with Gasteiger partial charge in [-0.25, -0.2) is 15.0 Å². The molecule has 214 valence electrons. The van der Waals surface area contributed by atoms with Gasteiger partial charge >= 0.3 is 0 Å². The van der Waals surface area contributed by atoms with Gasteiger partial charge in [-0.1, -0.05) is 46.1 Å². The monoisotopic (exact) mass is 541 g/mol. The van der Waals surface area contributed by atoms with Crippen LogP contribution in [0.25, 0.3) is 22.1 Å². The molecule has 7 nitrogen and oxygen atoms in total. The van der Waals surface area contributed by atoms with Crippen LogP contribution in [0.4, 0.5) is 5.82 Å². The van der Waals surface area contributed by atoms with Crippen molar-refractivity contribution in [2.45, 2.75) is 96.4 Å². The molecule has 0 amide bonds. The predicted molar refractivity (Wildman–Crippen MR) is 164 cm³/mol. The molecule has 4 N–H and O–H groups in total. The first-order valence-electron chi connectivity index (χ1n) is 15.6. The van der Waals surface area contributed by atoms with Crippen LogP contribution < -0.4 is 11.1 Å². The molecule has 0 bridgehead atoms. The van der Waals surface area contributed by atoms with Crippen molar-refractivity contribution in [3.63, 3.8) is 0 Å². The number of anilines is 1. The summed E-state index contributed by atoms with van der Waals surface area (Å²) in [6, 6.07) is 9.22. The molecule has 0 spiro atoms. The van der Waals surface area contributed by atoms with Crippen LogP contribution in [0.1, 0.15) is 96.0 Å². The van der Waals surface area contributed by atoms with Gasteiger partial charge in [0.05, 0.1) is 16.4 Å². The van der Waals surface area contributed by atoms with Gasteiger partial charge in [0.25, 0.3) is 0 Å². The summed E-state index contributed by atoms with van der Waals surface area (Å²) in [6.07, 6.45) is 17.0. The van der Waals surface area contributed by atoms with E-state index in [1.807, 2.05) is 6.07 Å². The van der Waals surface area contributed by atoms with Crippen LogP contribution in [0.2, 0.25) is 0 Å². The van der Waals surface area contributed by atoms with E-state index in [1.165, 1.54) is 82.0 Å². The Morgan fingerprint density at radius 1 is 0.975 bits per heavy atom. The number of hydrogen-bond donors (Lipinski definition) is 3. The Morgan fingerprint density at radius 3 is 2.52 bits per heavy atom. The number of nitrogens with zero attached hydrogens (tertiary/aromatic N) is 4. The number of imidazole rings is 1. The van der Waals surface area contributed by atoms with E-state index in [4.69, 9.17) is 10.7 Å². The minimum absolute atomic E-state index is 0.200. The zero-order valence-electron chi connectivity index (χ0n) is 24.6. The Bertz CT molecular complexity index is 1420. The van der Waals surface area contributed by atoms with Gasteiger partial charge < -0.3 is 20.6 Å². The minimum atomic E-state index is 0.200. The molecule has 2 unspecified atom stereocenters. The molecule has 0 saturated heterocycles. The maximum absolute atomic E-state index is 5.92. The molecule has 3 aliphatic carbocycles. The highest BCUT2D eigenvalue weighted by molar-refractivity contribution is 5.86. The van der Waals surface area contributed by atoms with Crippen molar-refractivity contribution in [3.05, 3.63) is 48.2 Å². The Morgan fingerprint density at radius 2 is 1.77 bits per heavy atom. The number of hydrogen-bond acceptors (Lipinski definition) is 5. The smallest absolute Gasteiger partial charge is 0.145 e. The Hall–Kier alpha value is -2.93. The normalized spacial score (nSPS) is 21.5. The molecule has 3 saturated carbocycles. The highest BCUT2D eigenvalue weighted by Gasteiger charge is 2.28. The van der Waals surface area contributed by atoms with Crippen molar-refractivity contribution < 1.29 is 0 Å². The lowest BCUT2D eigenvalue weighted by Crippen LogP contribution is -2.23. The van der Waals surface area contributed by atoms with Gasteiger partial charge in [0.2, 0.25) is 0 Å². The quantitative estimate of drug-likeness (QED) is 0.224. The second-order valence-corrected chi connectivity index (χ2v) is 13.7. The summed E-state index contributed by atoms with van der Waals surface area (Å²) in [4.78, 5) is 16.7. The molecule has 0 radical (unpaired) electrons. The largest absolute Gasteiger partial charge is 0.383 e. The van der Waals surface area contributed by atoms with Crippen LogP contribution in [0.3, 0.4) is 0 Å². The van der Waals surface area contributed by atoms with E-state index in [2.05, 4.69) is 70.0 Å². The Kier molecular flexibility index (Phi) is 7.84. The van der Waals surface area contributed by atoms with E-state index >= 15 is 0 Å². The van der Waals surface area contributed by atoms with Crippen molar-refractivity contribution in [1.29, 1.82) is 0 Å². The fraction of sp³-hybridized carbons (Fsp3) is 0.606. The fourth-order valence-corrected chi connectivity index (χ4v) is 6.36. The van der Waals surface area contributed by atoms with Gasteiger partial charge in [0, 0.05) is 18.7 Å². The van der Waals surface area contributed by atoms with E-state index in [0.717, 1.165) is 46.5 Å². The number of aryl methyl sites for hydroxylation is 1. The second-order valence-electron chi connectivity index (χ2n) is 13.7. The Labute approximate surface area is 238 Å². The van der Waals surface area contributed by atoms with E-state index in [-0.39, 0.29) is 5.41 Å². The topological polar surface area (TPSA) is 97.4 Å². The molecule has 3 heterocycles. The van der Waals surface area contributed by atoms with Crippen LogP contribution in [-0.4, -0.2) is 37.6 Å². The zero-order valence-corrected chi connectivity index (χ0v) is 24.6. The van der Waals surface area contributed by atoms with Crippen molar-refractivity contribution >= 4 is 27.9 Å². The van der Waals surface area contributed by atoms with Gasteiger partial charge in [-0.2, -0.15) is 0 Å². The number of rotatable bonds is 8. The third-order valence-electron chi connectivity index (χ3n) is 9.42. The highest BCUT2D eigenvalue weighted by Crippen LogP contribution is 2.37. The number of nitrogens with two attached hydrogens (primary N) is 1. The van der Waals surface area contributed by atoms with Crippen molar-refractivity contribution in [3.8, 4) is 0 Å². The molecule has 7 rings (SSSR count). The third-order valence-corrected chi connectivity index (χ3v) is 9.42. The van der Waals surface area contributed by atoms with Gasteiger partial charge in [-0.3, -0.25) is 0 Å². The van der Waals surface area contributed by atoms with E-state index in [9.17, 15) is 0 Å². The molecular formula is C33H47N7. The standard InChI is InChI=1S/C17H24N2.C16H23N5/c1-17(2,3)13-8-9-14-15(11-13)19-16(18-14)10-7-12-5-4-6-12;17-15-14-5-6-21(16(14)20-10-19-15)13-4-3-12(7-13)9-18-8-11-1-2-11/h8-9,11-12H,4-7,10H2,1-3H3,(H,18,19);5-6,10-13,18H,1-4,7-9H2,(H2,17,19,20). The van der Waals surface area contributed by atoms with Crippen LogP contribution in [0.15, 0.2) is 36.8 Å². The molecule has 3 fully saturated rings. The maximum Gasteiger partial charge on any atom is 0.145 e. The summed E-state index contributed by atoms with van der Waals surface area (Å²) in [7, 11) is 0. The lowest BCUT2D eigenvalue weighted by atomic mass is 9.82. The molecule has 3 aromatic heterocycles. The molecule has 7 heteroatoms. The number of aromatic nitrogens is 5. The first kappa shape index (κ1) is 27.3. The van der Waals surface area contributed by atoms with Gasteiger partial charge in [0.15, 0.2) is 0 Å². The van der Waals surface area contributed by atoms with Crippen LogP contribution in [-0.2, 0) is 11.8 Å². The van der Waals surface area contributed by atoms with Gasteiger partial charge in [-0.05, 0) is 98.5 Å². The predicted octanol–water partition coefficient (Wildman–Crippen LogP) is 6.95. The van der Waals surface area contributed by atoms with Crippen molar-refractivity contribution in [2.75, 3.05) is 18.8 Å². The highest BCUT2D eigenvalue weighted by atomic mass is 15.1. The summed E-state index contributed by atoms with van der Waals surface area (Å²) < 4.78 is 2.30. The van der Waals surface area contributed by atoms with Crippen molar-refractivity contribution in [1.82, 2.24) is 29.8 Å². The second kappa shape index (κ2) is 11.5. The molecular weight excluding hydrogens is 494 g/mol. The number of nitrogens with one attached hydrogen (secondary N) is 2. The summed E-state index contributed by atoms with van der Waals surface area (Å²) in [5, 5.41) is 4.63. The van der Waals surface area contributed by atoms with Gasteiger partial charge in [-0.15, -0.1) is 0 Å². The average Bonchev–Trinajstić information content (AvgIpc) is 3.26. The molecule has 0 aliphatic heterocycles. The number of H-pyrrole nitrogens is 1. The van der Waals surface area contributed by atoms with Crippen LogP contribution in [0, 0.1) is 17.8 Å². The maximum atomic E-state index is 5.92. The fourth-order valence-electron chi connectivity index (χ4n) is 6.36. The average molecular weight is 542 g/mol. The molecule has 40 heavy (non-hydrogen) atoms. The Balaban J connectivity index is 0.000000145. The van der Waals surface area contributed by atoms with E-state index < -0.39 is 0 Å². The lowest BCUT2D eigenvalue weighted by molar-refractivity contribution is 0.295. The summed E-state index contributed by atoms with van der Waals surface area (Å²) >= 11 is 0. The van der Waals surface area contributed by atoms with E-state index in [0.29, 0.717) is 11.9 Å². The lowest BCUT2D eigenvalue weighted by Gasteiger charge is -2.24. The molecule has 3 aliphatic rings. The number of nitrogen functional groups attached to an aromatic ring is 1. The summed E-state index contributed by atoms with van der Waals surface area (Å²) in [6.45, 7) is 9.15.